The smallest absolute Gasteiger partial charge is 0.354 e. The fraction of sp³-hybridized carbons (Fsp3) is 0.333. The van der Waals surface area contributed by atoms with Crippen LogP contribution in [0.15, 0.2) is 35.4 Å². The number of amides is 1. The van der Waals surface area contributed by atoms with Crippen molar-refractivity contribution in [3.05, 3.63) is 47.0 Å². The van der Waals surface area contributed by atoms with Gasteiger partial charge in [-0.1, -0.05) is 11.6 Å². The topological polar surface area (TPSA) is 97.7 Å². The minimum atomic E-state index is -4.03. The maximum absolute atomic E-state index is 13.3. The number of carbonyl (C=O) groups is 2. The second-order valence-electron chi connectivity index (χ2n) is 6.56. The third-order valence-electron chi connectivity index (χ3n) is 4.67. The zero-order chi connectivity index (χ0) is 21.3. The molecule has 1 N–H and O–H groups in total. The summed E-state index contributed by atoms with van der Waals surface area (Å²) in [6.45, 7) is 0.160. The van der Waals surface area contributed by atoms with Gasteiger partial charge in [-0.15, -0.1) is 0 Å². The first-order chi connectivity index (χ1) is 13.6. The molecule has 1 amide bonds. The molecule has 1 aliphatic rings. The van der Waals surface area contributed by atoms with Crippen LogP contribution in [0.5, 0.6) is 0 Å². The predicted molar refractivity (Wildman–Crippen MR) is 104 cm³/mol. The Hall–Kier alpha value is -2.43. The molecule has 29 heavy (non-hydrogen) atoms. The zero-order valence-electron chi connectivity index (χ0n) is 15.7. The summed E-state index contributed by atoms with van der Waals surface area (Å²) in [6, 6.07) is 3.98. The van der Waals surface area contributed by atoms with Crippen LogP contribution in [0.3, 0.4) is 0 Å². The Labute approximate surface area is 172 Å². The normalized spacial score (nSPS) is 17.3. The Balaban J connectivity index is 1.84. The van der Waals surface area contributed by atoms with Gasteiger partial charge < -0.3 is 14.6 Å². The second kappa shape index (κ2) is 8.13. The Morgan fingerprint density at radius 3 is 2.69 bits per heavy atom. The highest BCUT2D eigenvalue weighted by atomic mass is 35.5. The first-order valence-electron chi connectivity index (χ1n) is 8.67. The van der Waals surface area contributed by atoms with Crippen molar-refractivity contribution in [2.24, 2.45) is 7.05 Å². The van der Waals surface area contributed by atoms with E-state index in [1.807, 2.05) is 0 Å². The van der Waals surface area contributed by atoms with Gasteiger partial charge >= 0.3 is 5.97 Å². The molecule has 0 saturated carbocycles. The summed E-state index contributed by atoms with van der Waals surface area (Å²) in [5, 5.41) is 2.42. The molecule has 8 nitrogen and oxygen atoms in total. The van der Waals surface area contributed by atoms with Crippen LogP contribution in [0, 0.1) is 5.82 Å². The number of benzene rings is 1. The summed E-state index contributed by atoms with van der Waals surface area (Å²) in [6.07, 6.45) is 2.13. The van der Waals surface area contributed by atoms with Crippen LogP contribution in [-0.2, 0) is 26.6 Å². The monoisotopic (exact) mass is 443 g/mol. The summed E-state index contributed by atoms with van der Waals surface area (Å²) in [4.78, 5) is 24.4. The molecule has 1 aromatic carbocycles. The predicted octanol–water partition coefficient (Wildman–Crippen LogP) is 2.40. The number of halogens is 2. The third kappa shape index (κ3) is 4.14. The van der Waals surface area contributed by atoms with Gasteiger partial charge in [-0.25, -0.2) is 17.6 Å². The molecule has 1 fully saturated rings. The number of methoxy groups -OCH3 is 1. The Bertz CT molecular complexity index is 1070. The van der Waals surface area contributed by atoms with Gasteiger partial charge in [0, 0.05) is 25.5 Å². The summed E-state index contributed by atoms with van der Waals surface area (Å²) in [5.41, 5.74) is 0.338. The Morgan fingerprint density at radius 1 is 1.31 bits per heavy atom. The first kappa shape index (κ1) is 21.3. The molecular weight excluding hydrogens is 425 g/mol. The number of esters is 1. The van der Waals surface area contributed by atoms with Gasteiger partial charge in [-0.3, -0.25) is 4.79 Å². The van der Waals surface area contributed by atoms with Gasteiger partial charge in [0.1, 0.15) is 22.4 Å². The van der Waals surface area contributed by atoms with Gasteiger partial charge in [0.25, 0.3) is 0 Å². The minimum absolute atomic E-state index is 0.0761. The van der Waals surface area contributed by atoms with Crippen LogP contribution in [0.2, 0.25) is 5.02 Å². The van der Waals surface area contributed by atoms with Crippen LogP contribution >= 0.6 is 11.6 Å². The van der Waals surface area contributed by atoms with Crippen molar-refractivity contribution >= 4 is 39.2 Å². The van der Waals surface area contributed by atoms with Crippen molar-refractivity contribution in [2.75, 3.05) is 19.0 Å². The highest BCUT2D eigenvalue weighted by molar-refractivity contribution is 7.89. The molecule has 0 bridgehead atoms. The van der Waals surface area contributed by atoms with Gasteiger partial charge in [0.2, 0.25) is 15.9 Å². The zero-order valence-corrected chi connectivity index (χ0v) is 17.3. The SMILES string of the molecule is COC(=O)c1cc(S(=O)(=O)N2CCC[C@@H]2C(=O)Nc2ccc(F)c(Cl)c2)cn1C. The lowest BCUT2D eigenvalue weighted by molar-refractivity contribution is -0.119. The maximum Gasteiger partial charge on any atom is 0.354 e. The summed E-state index contributed by atoms with van der Waals surface area (Å²) in [7, 11) is -1.30. The van der Waals surface area contributed by atoms with Crippen LogP contribution in [0.1, 0.15) is 23.3 Å². The Kier molecular flexibility index (Phi) is 5.97. The molecular formula is C18H19ClFN3O5S. The highest BCUT2D eigenvalue weighted by Crippen LogP contribution is 2.28. The van der Waals surface area contributed by atoms with E-state index in [0.29, 0.717) is 12.8 Å². The molecule has 0 radical (unpaired) electrons. The molecule has 11 heteroatoms. The van der Waals surface area contributed by atoms with Gasteiger partial charge in [-0.05, 0) is 37.1 Å². The number of sulfonamides is 1. The average molecular weight is 444 g/mol. The van der Waals surface area contributed by atoms with Crippen molar-refractivity contribution in [3.63, 3.8) is 0 Å². The van der Waals surface area contributed by atoms with E-state index in [4.69, 9.17) is 11.6 Å². The molecule has 3 rings (SSSR count). The molecule has 2 heterocycles. The highest BCUT2D eigenvalue weighted by Gasteiger charge is 2.40. The van der Waals surface area contributed by atoms with Crippen molar-refractivity contribution in [1.82, 2.24) is 8.87 Å². The van der Waals surface area contributed by atoms with E-state index < -0.39 is 33.8 Å². The number of anilines is 1. The van der Waals surface area contributed by atoms with Crippen molar-refractivity contribution in [1.29, 1.82) is 0 Å². The van der Waals surface area contributed by atoms with E-state index >= 15 is 0 Å². The van der Waals surface area contributed by atoms with Crippen LogP contribution in [0.4, 0.5) is 10.1 Å². The van der Waals surface area contributed by atoms with Crippen LogP contribution in [-0.4, -0.2) is 48.9 Å². The van der Waals surface area contributed by atoms with Crippen molar-refractivity contribution in [3.8, 4) is 0 Å². The number of aromatic nitrogens is 1. The molecule has 0 aliphatic carbocycles. The molecule has 2 aromatic rings. The quantitative estimate of drug-likeness (QED) is 0.715. The number of nitrogens with one attached hydrogen (secondary N) is 1. The van der Waals surface area contributed by atoms with E-state index in [1.54, 1.807) is 0 Å². The molecule has 0 spiro atoms. The fourth-order valence-corrected chi connectivity index (χ4v) is 5.12. The van der Waals surface area contributed by atoms with Gasteiger partial charge in [0.15, 0.2) is 0 Å². The van der Waals surface area contributed by atoms with Gasteiger partial charge in [-0.2, -0.15) is 4.31 Å². The lowest BCUT2D eigenvalue weighted by atomic mass is 10.2. The average Bonchev–Trinajstić information content (AvgIpc) is 3.32. The number of hydrogen-bond acceptors (Lipinski definition) is 5. The lowest BCUT2D eigenvalue weighted by Crippen LogP contribution is -2.43. The number of rotatable bonds is 5. The third-order valence-corrected chi connectivity index (χ3v) is 6.84. The van der Waals surface area contributed by atoms with E-state index in [-0.39, 0.29) is 27.8 Å². The summed E-state index contributed by atoms with van der Waals surface area (Å²) in [5.74, 6) is -1.84. The minimum Gasteiger partial charge on any atom is -0.464 e. The summed E-state index contributed by atoms with van der Waals surface area (Å²) < 4.78 is 46.6. The van der Waals surface area contributed by atoms with Crippen molar-refractivity contribution in [2.45, 2.75) is 23.8 Å². The van der Waals surface area contributed by atoms with Gasteiger partial charge in [0.05, 0.1) is 12.1 Å². The van der Waals surface area contributed by atoms with Crippen LogP contribution < -0.4 is 5.32 Å². The second-order valence-corrected chi connectivity index (χ2v) is 8.85. The molecule has 1 aromatic heterocycles. The lowest BCUT2D eigenvalue weighted by Gasteiger charge is -2.23. The largest absolute Gasteiger partial charge is 0.464 e. The van der Waals surface area contributed by atoms with E-state index in [0.717, 1.165) is 10.4 Å². The number of hydrogen-bond donors (Lipinski definition) is 1. The standard InChI is InChI=1S/C18H19ClFN3O5S/c1-22-10-12(9-16(22)18(25)28-2)29(26,27)23-7-3-4-15(23)17(24)21-11-5-6-14(20)13(19)8-11/h5-6,8-10,15H,3-4,7H2,1-2H3,(H,21,24)/t15-/m1/s1. The molecule has 1 saturated heterocycles. The molecule has 156 valence electrons. The number of ether oxygens (including phenoxy) is 1. The van der Waals surface area contributed by atoms with Crippen LogP contribution in [0.25, 0.3) is 0 Å². The van der Waals surface area contributed by atoms with E-state index in [9.17, 15) is 22.4 Å². The van der Waals surface area contributed by atoms with E-state index in [2.05, 4.69) is 10.1 Å². The van der Waals surface area contributed by atoms with E-state index in [1.165, 1.54) is 43.1 Å². The molecule has 1 aliphatic heterocycles. The molecule has 0 unspecified atom stereocenters. The van der Waals surface area contributed by atoms with Crippen molar-refractivity contribution < 1.29 is 27.1 Å². The summed E-state index contributed by atoms with van der Waals surface area (Å²) >= 11 is 5.72. The fourth-order valence-electron chi connectivity index (χ4n) is 3.21. The number of nitrogens with zero attached hydrogens (tertiary/aromatic N) is 2. The maximum atomic E-state index is 13.3. The Morgan fingerprint density at radius 2 is 2.03 bits per heavy atom. The molecule has 1 atom stereocenters. The first-order valence-corrected chi connectivity index (χ1v) is 10.5. The number of carbonyl (C=O) groups excluding carboxylic acids is 2. The number of aryl methyl sites for hydroxylation is 1.